The van der Waals surface area contributed by atoms with Crippen LogP contribution in [-0.2, 0) is 0 Å². The van der Waals surface area contributed by atoms with Gasteiger partial charge in [0, 0.05) is 21.8 Å². The third-order valence-corrected chi connectivity index (χ3v) is 3.36. The summed E-state index contributed by atoms with van der Waals surface area (Å²) in [6, 6.07) is 1.88. The van der Waals surface area contributed by atoms with Crippen LogP contribution in [0, 0.1) is 10.1 Å². The highest BCUT2D eigenvalue weighted by molar-refractivity contribution is 9.10. The highest BCUT2D eigenvalue weighted by Gasteiger charge is 2.09. The molecule has 0 aliphatic carbocycles. The SMILES string of the molecule is CC/C(=C/c1sccc1Br)[N+](=O)[O-]. The second-order valence-electron chi connectivity index (χ2n) is 2.38. The van der Waals surface area contributed by atoms with E-state index in [1.54, 1.807) is 13.0 Å². The van der Waals surface area contributed by atoms with Gasteiger partial charge in [0.1, 0.15) is 0 Å². The van der Waals surface area contributed by atoms with Crippen LogP contribution in [0.5, 0.6) is 0 Å². The van der Waals surface area contributed by atoms with Crippen molar-refractivity contribution in [1.82, 2.24) is 0 Å². The van der Waals surface area contributed by atoms with Gasteiger partial charge in [-0.3, -0.25) is 10.1 Å². The molecule has 0 aromatic carbocycles. The maximum atomic E-state index is 10.5. The molecule has 1 rings (SSSR count). The zero-order chi connectivity index (χ0) is 9.84. The molecule has 0 unspecified atom stereocenters. The van der Waals surface area contributed by atoms with Gasteiger partial charge in [-0.1, -0.05) is 6.92 Å². The number of nitro groups is 1. The summed E-state index contributed by atoms with van der Waals surface area (Å²) >= 11 is 4.80. The normalized spacial score (nSPS) is 11.7. The van der Waals surface area contributed by atoms with E-state index in [9.17, 15) is 10.1 Å². The molecule has 0 spiro atoms. The van der Waals surface area contributed by atoms with Gasteiger partial charge in [-0.15, -0.1) is 11.3 Å². The first-order valence-electron chi connectivity index (χ1n) is 3.73. The molecular weight excluding hydrogens is 254 g/mol. The van der Waals surface area contributed by atoms with Gasteiger partial charge >= 0.3 is 0 Å². The van der Waals surface area contributed by atoms with Crippen LogP contribution in [-0.4, -0.2) is 4.92 Å². The summed E-state index contributed by atoms with van der Waals surface area (Å²) in [7, 11) is 0. The van der Waals surface area contributed by atoms with Crippen LogP contribution in [0.25, 0.3) is 6.08 Å². The highest BCUT2D eigenvalue weighted by atomic mass is 79.9. The van der Waals surface area contributed by atoms with Crippen LogP contribution >= 0.6 is 27.3 Å². The van der Waals surface area contributed by atoms with Crippen molar-refractivity contribution in [1.29, 1.82) is 0 Å². The van der Waals surface area contributed by atoms with Crippen molar-refractivity contribution in [2.45, 2.75) is 13.3 Å². The molecule has 0 aliphatic rings. The van der Waals surface area contributed by atoms with Crippen molar-refractivity contribution in [3.05, 3.63) is 36.6 Å². The number of allylic oxidation sites excluding steroid dienone is 1. The Kier molecular flexibility index (Phi) is 3.62. The van der Waals surface area contributed by atoms with E-state index in [4.69, 9.17) is 0 Å². The Balaban J connectivity index is 2.98. The van der Waals surface area contributed by atoms with Gasteiger partial charge in [0.2, 0.25) is 5.70 Å². The Morgan fingerprint density at radius 2 is 2.54 bits per heavy atom. The maximum Gasteiger partial charge on any atom is 0.247 e. The monoisotopic (exact) mass is 261 g/mol. The van der Waals surface area contributed by atoms with Crippen LogP contribution in [0.2, 0.25) is 0 Å². The third-order valence-electron chi connectivity index (χ3n) is 1.54. The highest BCUT2D eigenvalue weighted by Crippen LogP contribution is 2.25. The number of halogens is 1. The second kappa shape index (κ2) is 4.53. The van der Waals surface area contributed by atoms with Crippen LogP contribution in [0.15, 0.2) is 21.6 Å². The Hall–Kier alpha value is -0.680. The van der Waals surface area contributed by atoms with Gasteiger partial charge in [-0.25, -0.2) is 0 Å². The number of hydrogen-bond donors (Lipinski definition) is 0. The maximum absolute atomic E-state index is 10.5. The predicted octanol–water partition coefficient (Wildman–Crippen LogP) is 3.54. The molecule has 0 saturated heterocycles. The summed E-state index contributed by atoms with van der Waals surface area (Å²) in [6.07, 6.45) is 2.05. The standard InChI is InChI=1S/C8H8BrNO2S/c1-2-6(10(11)12)5-8-7(9)3-4-13-8/h3-5H,2H2,1H3/b6-5-. The molecule has 1 aromatic rings. The fourth-order valence-electron chi connectivity index (χ4n) is 0.844. The van der Waals surface area contributed by atoms with Crippen molar-refractivity contribution in [2.24, 2.45) is 0 Å². The molecule has 0 aliphatic heterocycles. The molecule has 0 fully saturated rings. The van der Waals surface area contributed by atoms with Gasteiger partial charge in [0.05, 0.1) is 4.92 Å². The van der Waals surface area contributed by atoms with Crippen molar-refractivity contribution in [3.63, 3.8) is 0 Å². The molecule has 0 saturated carbocycles. The van der Waals surface area contributed by atoms with Crippen LogP contribution in [0.1, 0.15) is 18.2 Å². The average Bonchev–Trinajstić information content (AvgIpc) is 2.46. The van der Waals surface area contributed by atoms with E-state index in [0.29, 0.717) is 6.42 Å². The second-order valence-corrected chi connectivity index (χ2v) is 4.18. The third kappa shape index (κ3) is 2.63. The quantitative estimate of drug-likeness (QED) is 0.617. The summed E-state index contributed by atoms with van der Waals surface area (Å²) in [5.74, 6) is 0. The number of nitrogens with zero attached hydrogens (tertiary/aromatic N) is 1. The van der Waals surface area contributed by atoms with Crippen molar-refractivity contribution < 1.29 is 4.92 Å². The summed E-state index contributed by atoms with van der Waals surface area (Å²) in [6.45, 7) is 1.77. The van der Waals surface area contributed by atoms with E-state index in [1.165, 1.54) is 11.3 Å². The van der Waals surface area contributed by atoms with E-state index in [1.807, 2.05) is 11.4 Å². The summed E-state index contributed by atoms with van der Waals surface area (Å²) < 4.78 is 0.908. The summed E-state index contributed by atoms with van der Waals surface area (Å²) in [5.41, 5.74) is 0.239. The molecule has 0 atom stereocenters. The first-order chi connectivity index (χ1) is 6.15. The predicted molar refractivity (Wildman–Crippen MR) is 57.3 cm³/mol. The Bertz CT molecular complexity index is 346. The van der Waals surface area contributed by atoms with E-state index in [2.05, 4.69) is 15.9 Å². The Morgan fingerprint density at radius 3 is 2.92 bits per heavy atom. The van der Waals surface area contributed by atoms with Crippen LogP contribution in [0.4, 0.5) is 0 Å². The van der Waals surface area contributed by atoms with Gasteiger partial charge in [-0.2, -0.15) is 0 Å². The molecule has 0 N–H and O–H groups in total. The molecule has 0 radical (unpaired) electrons. The molecule has 0 amide bonds. The molecule has 5 heteroatoms. The Morgan fingerprint density at radius 1 is 1.85 bits per heavy atom. The zero-order valence-electron chi connectivity index (χ0n) is 6.99. The molecule has 3 nitrogen and oxygen atoms in total. The van der Waals surface area contributed by atoms with Gasteiger partial charge in [-0.05, 0) is 27.4 Å². The molecule has 70 valence electrons. The minimum absolute atomic E-state index is 0.239. The van der Waals surface area contributed by atoms with Crippen LogP contribution in [0.3, 0.4) is 0 Å². The lowest BCUT2D eigenvalue weighted by Gasteiger charge is -1.92. The summed E-state index contributed by atoms with van der Waals surface area (Å²) in [5, 5.41) is 12.4. The molecule has 1 heterocycles. The lowest BCUT2D eigenvalue weighted by Crippen LogP contribution is -1.95. The van der Waals surface area contributed by atoms with E-state index >= 15 is 0 Å². The van der Waals surface area contributed by atoms with E-state index < -0.39 is 0 Å². The number of hydrogen-bond acceptors (Lipinski definition) is 3. The van der Waals surface area contributed by atoms with Crippen LogP contribution < -0.4 is 0 Å². The molecule has 13 heavy (non-hydrogen) atoms. The topological polar surface area (TPSA) is 43.1 Å². The van der Waals surface area contributed by atoms with Gasteiger partial charge in [0.25, 0.3) is 0 Å². The average molecular weight is 262 g/mol. The molecule has 0 bridgehead atoms. The number of thiophene rings is 1. The first-order valence-corrected chi connectivity index (χ1v) is 5.40. The lowest BCUT2D eigenvalue weighted by molar-refractivity contribution is -0.425. The van der Waals surface area contributed by atoms with Gasteiger partial charge in [0.15, 0.2) is 0 Å². The Labute approximate surface area is 88.4 Å². The minimum atomic E-state index is -0.341. The minimum Gasteiger partial charge on any atom is -0.259 e. The zero-order valence-corrected chi connectivity index (χ0v) is 9.39. The molecule has 1 aromatic heterocycles. The summed E-state index contributed by atoms with van der Waals surface area (Å²) in [4.78, 5) is 11.1. The fraction of sp³-hybridized carbons (Fsp3) is 0.250. The first kappa shape index (κ1) is 10.4. The smallest absolute Gasteiger partial charge is 0.247 e. The van der Waals surface area contributed by atoms with E-state index in [-0.39, 0.29) is 10.6 Å². The molecular formula is C8H8BrNO2S. The van der Waals surface area contributed by atoms with Crippen molar-refractivity contribution in [3.8, 4) is 0 Å². The van der Waals surface area contributed by atoms with Crippen molar-refractivity contribution in [2.75, 3.05) is 0 Å². The lowest BCUT2D eigenvalue weighted by atomic mass is 10.3. The largest absolute Gasteiger partial charge is 0.259 e. The van der Waals surface area contributed by atoms with Crippen molar-refractivity contribution >= 4 is 33.3 Å². The van der Waals surface area contributed by atoms with E-state index in [0.717, 1.165) is 9.35 Å². The fourth-order valence-corrected chi connectivity index (χ4v) is 2.28. The van der Waals surface area contributed by atoms with Gasteiger partial charge < -0.3 is 0 Å². The number of rotatable bonds is 3.